The number of anilines is 1. The standard InChI is InChI=1S/C14H13NO4/c1-17-13-7-6-10(18-9-16)8-14(13)19-12-5-3-2-4-11(12)15/h2-9H,15H2,1H3. The maximum atomic E-state index is 10.3. The molecule has 2 rings (SSSR count). The second-order valence-corrected chi connectivity index (χ2v) is 3.67. The molecule has 5 heteroatoms. The Balaban J connectivity index is 2.34. The Kier molecular flexibility index (Phi) is 3.87. The van der Waals surface area contributed by atoms with E-state index in [4.69, 9.17) is 19.9 Å². The highest BCUT2D eigenvalue weighted by atomic mass is 16.5. The lowest BCUT2D eigenvalue weighted by Gasteiger charge is -2.12. The van der Waals surface area contributed by atoms with Gasteiger partial charge in [-0.25, -0.2) is 0 Å². The van der Waals surface area contributed by atoms with E-state index in [1.807, 2.05) is 12.1 Å². The van der Waals surface area contributed by atoms with Gasteiger partial charge in [0, 0.05) is 6.07 Å². The van der Waals surface area contributed by atoms with Gasteiger partial charge in [0.25, 0.3) is 6.47 Å². The number of carbonyl (C=O) groups is 1. The third-order valence-corrected chi connectivity index (χ3v) is 2.46. The fourth-order valence-electron chi connectivity index (χ4n) is 1.56. The number of methoxy groups -OCH3 is 1. The van der Waals surface area contributed by atoms with Crippen molar-refractivity contribution in [3.63, 3.8) is 0 Å². The van der Waals surface area contributed by atoms with Gasteiger partial charge in [0.1, 0.15) is 5.75 Å². The topological polar surface area (TPSA) is 70.8 Å². The lowest BCUT2D eigenvalue weighted by Crippen LogP contribution is -1.95. The van der Waals surface area contributed by atoms with Gasteiger partial charge in [0.15, 0.2) is 17.2 Å². The van der Waals surface area contributed by atoms with E-state index in [-0.39, 0.29) is 0 Å². The van der Waals surface area contributed by atoms with Crippen LogP contribution in [0.5, 0.6) is 23.0 Å². The average Bonchev–Trinajstić information content (AvgIpc) is 2.42. The Morgan fingerprint density at radius 2 is 1.84 bits per heavy atom. The highest BCUT2D eigenvalue weighted by molar-refractivity contribution is 5.57. The summed E-state index contributed by atoms with van der Waals surface area (Å²) >= 11 is 0. The molecular formula is C14H13NO4. The van der Waals surface area contributed by atoms with Crippen molar-refractivity contribution < 1.29 is 19.0 Å². The number of para-hydroxylation sites is 2. The van der Waals surface area contributed by atoms with E-state index in [1.54, 1.807) is 30.3 Å². The zero-order valence-electron chi connectivity index (χ0n) is 10.3. The van der Waals surface area contributed by atoms with E-state index in [1.165, 1.54) is 7.11 Å². The number of nitrogen functional groups attached to an aromatic ring is 1. The summed E-state index contributed by atoms with van der Waals surface area (Å²) in [6.07, 6.45) is 0. The largest absolute Gasteiger partial charge is 0.493 e. The van der Waals surface area contributed by atoms with Crippen molar-refractivity contribution in [3.8, 4) is 23.0 Å². The number of ether oxygens (including phenoxy) is 3. The zero-order valence-corrected chi connectivity index (χ0v) is 10.3. The first-order chi connectivity index (χ1) is 9.24. The van der Waals surface area contributed by atoms with E-state index < -0.39 is 0 Å². The normalized spacial score (nSPS) is 9.74. The summed E-state index contributed by atoms with van der Waals surface area (Å²) in [5.41, 5.74) is 6.31. The third-order valence-electron chi connectivity index (χ3n) is 2.46. The van der Waals surface area contributed by atoms with Gasteiger partial charge < -0.3 is 19.9 Å². The van der Waals surface area contributed by atoms with Crippen molar-refractivity contribution in [2.75, 3.05) is 12.8 Å². The van der Waals surface area contributed by atoms with Gasteiger partial charge in [-0.05, 0) is 24.3 Å². The van der Waals surface area contributed by atoms with Gasteiger partial charge in [-0.3, -0.25) is 4.79 Å². The number of rotatable bonds is 5. The fourth-order valence-corrected chi connectivity index (χ4v) is 1.56. The summed E-state index contributed by atoms with van der Waals surface area (Å²) < 4.78 is 15.6. The Bertz CT molecular complexity index is 583. The molecular weight excluding hydrogens is 246 g/mol. The van der Waals surface area contributed by atoms with Gasteiger partial charge >= 0.3 is 0 Å². The van der Waals surface area contributed by atoms with Crippen molar-refractivity contribution in [2.45, 2.75) is 0 Å². The molecule has 0 aliphatic carbocycles. The van der Waals surface area contributed by atoms with Gasteiger partial charge in [0.05, 0.1) is 12.8 Å². The molecule has 0 amide bonds. The molecule has 0 saturated heterocycles. The first kappa shape index (κ1) is 12.8. The van der Waals surface area contributed by atoms with Crippen LogP contribution >= 0.6 is 0 Å². The minimum Gasteiger partial charge on any atom is -0.493 e. The smallest absolute Gasteiger partial charge is 0.298 e. The minimum absolute atomic E-state index is 0.350. The second-order valence-electron chi connectivity index (χ2n) is 3.67. The van der Waals surface area contributed by atoms with Crippen molar-refractivity contribution in [1.29, 1.82) is 0 Å². The summed E-state index contributed by atoms with van der Waals surface area (Å²) in [5, 5.41) is 0. The molecule has 0 aliphatic heterocycles. The zero-order chi connectivity index (χ0) is 13.7. The van der Waals surface area contributed by atoms with Crippen LogP contribution in [-0.4, -0.2) is 13.6 Å². The van der Waals surface area contributed by atoms with Crippen molar-refractivity contribution in [2.24, 2.45) is 0 Å². The van der Waals surface area contributed by atoms with Crippen LogP contribution in [0.1, 0.15) is 0 Å². The SMILES string of the molecule is COc1ccc(OC=O)cc1Oc1ccccc1N. The van der Waals surface area contributed by atoms with Crippen LogP contribution in [0.2, 0.25) is 0 Å². The molecule has 0 unspecified atom stereocenters. The number of hydrogen-bond donors (Lipinski definition) is 1. The predicted molar refractivity (Wildman–Crippen MR) is 70.6 cm³/mol. The Morgan fingerprint density at radius 3 is 2.53 bits per heavy atom. The molecule has 5 nitrogen and oxygen atoms in total. The molecule has 0 heterocycles. The summed E-state index contributed by atoms with van der Waals surface area (Å²) in [6, 6.07) is 11.9. The third kappa shape index (κ3) is 2.95. The number of carbonyl (C=O) groups excluding carboxylic acids is 1. The number of nitrogens with two attached hydrogens (primary N) is 1. The van der Waals surface area contributed by atoms with E-state index >= 15 is 0 Å². The highest BCUT2D eigenvalue weighted by Crippen LogP contribution is 2.36. The molecule has 0 bridgehead atoms. The van der Waals surface area contributed by atoms with Gasteiger partial charge in [-0.1, -0.05) is 12.1 Å². The highest BCUT2D eigenvalue weighted by Gasteiger charge is 2.09. The Morgan fingerprint density at radius 1 is 1.05 bits per heavy atom. The summed E-state index contributed by atoms with van der Waals surface area (Å²) in [7, 11) is 1.52. The molecule has 0 spiro atoms. The van der Waals surface area contributed by atoms with Crippen LogP contribution in [0.15, 0.2) is 42.5 Å². The lowest BCUT2D eigenvalue weighted by molar-refractivity contribution is -0.120. The Labute approximate surface area is 110 Å². The molecule has 2 aromatic rings. The molecule has 98 valence electrons. The van der Waals surface area contributed by atoms with Crippen LogP contribution in [0.3, 0.4) is 0 Å². The van der Waals surface area contributed by atoms with Crippen molar-refractivity contribution in [1.82, 2.24) is 0 Å². The second kappa shape index (κ2) is 5.77. The Hall–Kier alpha value is -2.69. The van der Waals surface area contributed by atoms with Gasteiger partial charge in [-0.2, -0.15) is 0 Å². The van der Waals surface area contributed by atoms with Crippen LogP contribution in [0.25, 0.3) is 0 Å². The summed E-state index contributed by atoms with van der Waals surface area (Å²) in [6.45, 7) is 0.350. The molecule has 0 atom stereocenters. The number of hydrogen-bond acceptors (Lipinski definition) is 5. The fraction of sp³-hybridized carbons (Fsp3) is 0.0714. The van der Waals surface area contributed by atoms with Crippen molar-refractivity contribution >= 4 is 12.2 Å². The monoisotopic (exact) mass is 259 g/mol. The lowest BCUT2D eigenvalue weighted by atomic mass is 10.2. The molecule has 2 aromatic carbocycles. The predicted octanol–water partition coefficient (Wildman–Crippen LogP) is 2.60. The molecule has 0 saturated carbocycles. The van der Waals surface area contributed by atoms with Gasteiger partial charge in [-0.15, -0.1) is 0 Å². The molecule has 2 N–H and O–H groups in total. The summed E-state index contributed by atoms with van der Waals surface area (Å²) in [4.78, 5) is 10.3. The van der Waals surface area contributed by atoms with E-state index in [2.05, 4.69) is 0 Å². The molecule has 0 aliphatic rings. The maximum absolute atomic E-state index is 10.3. The van der Waals surface area contributed by atoms with E-state index in [0.717, 1.165) is 0 Å². The van der Waals surface area contributed by atoms with Crippen LogP contribution in [0.4, 0.5) is 5.69 Å². The van der Waals surface area contributed by atoms with Gasteiger partial charge in [0.2, 0.25) is 0 Å². The minimum atomic E-state index is 0.350. The molecule has 0 radical (unpaired) electrons. The van der Waals surface area contributed by atoms with E-state index in [9.17, 15) is 4.79 Å². The average molecular weight is 259 g/mol. The maximum Gasteiger partial charge on any atom is 0.298 e. The van der Waals surface area contributed by atoms with E-state index in [0.29, 0.717) is 35.2 Å². The molecule has 0 aromatic heterocycles. The number of benzene rings is 2. The molecule has 0 fully saturated rings. The van der Waals surface area contributed by atoms with Crippen LogP contribution in [-0.2, 0) is 4.79 Å². The molecule has 19 heavy (non-hydrogen) atoms. The van der Waals surface area contributed by atoms with Crippen molar-refractivity contribution in [3.05, 3.63) is 42.5 Å². The summed E-state index contributed by atoms with van der Waals surface area (Å²) in [5.74, 6) is 1.80. The van der Waals surface area contributed by atoms with Crippen LogP contribution in [0, 0.1) is 0 Å². The first-order valence-corrected chi connectivity index (χ1v) is 5.55. The quantitative estimate of drug-likeness (QED) is 0.660. The first-order valence-electron chi connectivity index (χ1n) is 5.55. The van der Waals surface area contributed by atoms with Crippen LogP contribution < -0.4 is 19.9 Å².